The van der Waals surface area contributed by atoms with Crippen molar-refractivity contribution < 1.29 is 18.7 Å². The van der Waals surface area contributed by atoms with Crippen molar-refractivity contribution in [2.24, 2.45) is 0 Å². The third kappa shape index (κ3) is 4.11. The number of carbonyl (C=O) groups is 1. The third-order valence-electron chi connectivity index (χ3n) is 2.30. The van der Waals surface area contributed by atoms with E-state index in [0.717, 1.165) is 12.1 Å². The zero-order valence-electron chi connectivity index (χ0n) is 9.54. The summed E-state index contributed by atoms with van der Waals surface area (Å²) in [5.74, 6) is -2.15. The van der Waals surface area contributed by atoms with Crippen LogP contribution in [-0.2, 0) is 4.79 Å². The van der Waals surface area contributed by atoms with Gasteiger partial charge in [-0.05, 0) is 24.1 Å². The van der Waals surface area contributed by atoms with Gasteiger partial charge in [0.1, 0.15) is 0 Å². The smallest absolute Gasteiger partial charge is 0.220 e. The van der Waals surface area contributed by atoms with Crippen molar-refractivity contribution in [2.45, 2.75) is 25.9 Å². The molecular formula is C12H15F2NO2. The van der Waals surface area contributed by atoms with E-state index < -0.39 is 17.7 Å². The van der Waals surface area contributed by atoms with Crippen LogP contribution >= 0.6 is 0 Å². The van der Waals surface area contributed by atoms with Gasteiger partial charge in [-0.1, -0.05) is 13.0 Å². The van der Waals surface area contributed by atoms with E-state index in [4.69, 9.17) is 0 Å². The quantitative estimate of drug-likeness (QED) is 0.830. The lowest BCUT2D eigenvalue weighted by Crippen LogP contribution is -2.28. The van der Waals surface area contributed by atoms with Gasteiger partial charge in [0.05, 0.1) is 6.10 Å². The van der Waals surface area contributed by atoms with Crippen molar-refractivity contribution in [2.75, 3.05) is 6.54 Å². The molecule has 0 saturated heterocycles. The summed E-state index contributed by atoms with van der Waals surface area (Å²) >= 11 is 0. The van der Waals surface area contributed by atoms with E-state index in [2.05, 4.69) is 5.32 Å². The second-order valence-corrected chi connectivity index (χ2v) is 3.74. The van der Waals surface area contributed by atoms with E-state index in [0.29, 0.717) is 12.8 Å². The maximum atomic E-state index is 12.9. The molecule has 1 unspecified atom stereocenters. The number of carbonyl (C=O) groups excluding carboxylic acids is 1. The number of aliphatic hydroxyl groups excluding tert-OH is 1. The molecule has 3 nitrogen and oxygen atoms in total. The number of hydrogen-bond acceptors (Lipinski definition) is 2. The normalized spacial score (nSPS) is 12.2. The van der Waals surface area contributed by atoms with Gasteiger partial charge in [-0.15, -0.1) is 0 Å². The molecule has 1 aromatic rings. The Balaban J connectivity index is 2.54. The number of nitrogens with one attached hydrogen (secondary N) is 1. The maximum Gasteiger partial charge on any atom is 0.220 e. The number of amides is 1. The summed E-state index contributed by atoms with van der Waals surface area (Å²) in [6.45, 7) is 1.86. The van der Waals surface area contributed by atoms with E-state index in [9.17, 15) is 18.7 Å². The van der Waals surface area contributed by atoms with Gasteiger partial charge in [0.2, 0.25) is 5.91 Å². The van der Waals surface area contributed by atoms with Crippen LogP contribution in [0.1, 0.15) is 31.4 Å². The maximum absolute atomic E-state index is 12.9. The Hall–Kier alpha value is -1.49. The number of halogens is 2. The van der Waals surface area contributed by atoms with Crippen LogP contribution in [0.5, 0.6) is 0 Å². The first-order valence-corrected chi connectivity index (χ1v) is 5.44. The summed E-state index contributed by atoms with van der Waals surface area (Å²) in [4.78, 5) is 11.1. The Bertz CT molecular complexity index is 396. The van der Waals surface area contributed by atoms with Gasteiger partial charge >= 0.3 is 0 Å². The second kappa shape index (κ2) is 6.30. The van der Waals surface area contributed by atoms with Crippen molar-refractivity contribution in [1.82, 2.24) is 5.32 Å². The van der Waals surface area contributed by atoms with E-state index in [1.165, 1.54) is 6.07 Å². The molecule has 1 rings (SSSR count). The molecule has 0 saturated carbocycles. The molecular weight excluding hydrogens is 228 g/mol. The van der Waals surface area contributed by atoms with Crippen LogP contribution in [0.3, 0.4) is 0 Å². The Morgan fingerprint density at radius 2 is 2.12 bits per heavy atom. The molecule has 0 aliphatic carbocycles. The van der Waals surface area contributed by atoms with Crippen molar-refractivity contribution in [3.8, 4) is 0 Å². The van der Waals surface area contributed by atoms with Gasteiger partial charge in [-0.3, -0.25) is 4.79 Å². The highest BCUT2D eigenvalue weighted by Gasteiger charge is 2.11. The van der Waals surface area contributed by atoms with Crippen LogP contribution in [0, 0.1) is 11.6 Å². The van der Waals surface area contributed by atoms with Crippen LogP contribution in [0.25, 0.3) is 0 Å². The molecule has 17 heavy (non-hydrogen) atoms. The van der Waals surface area contributed by atoms with Crippen molar-refractivity contribution in [3.05, 3.63) is 35.4 Å². The Morgan fingerprint density at radius 1 is 1.41 bits per heavy atom. The van der Waals surface area contributed by atoms with Crippen molar-refractivity contribution in [1.29, 1.82) is 0 Å². The topological polar surface area (TPSA) is 49.3 Å². The Morgan fingerprint density at radius 3 is 2.71 bits per heavy atom. The fourth-order valence-electron chi connectivity index (χ4n) is 1.36. The zero-order valence-corrected chi connectivity index (χ0v) is 9.54. The number of rotatable bonds is 5. The average molecular weight is 243 g/mol. The van der Waals surface area contributed by atoms with E-state index in [-0.39, 0.29) is 18.0 Å². The second-order valence-electron chi connectivity index (χ2n) is 3.74. The lowest BCUT2D eigenvalue weighted by molar-refractivity contribution is -0.121. The molecule has 1 aromatic carbocycles. The first-order valence-electron chi connectivity index (χ1n) is 5.44. The van der Waals surface area contributed by atoms with Gasteiger partial charge < -0.3 is 10.4 Å². The summed E-state index contributed by atoms with van der Waals surface area (Å²) in [6.07, 6.45) is 0.0586. The predicted molar refractivity (Wildman–Crippen MR) is 59.2 cm³/mol. The fraction of sp³-hybridized carbons (Fsp3) is 0.417. The summed E-state index contributed by atoms with van der Waals surface area (Å²) in [5.41, 5.74) is 0.237. The van der Waals surface area contributed by atoms with Gasteiger partial charge in [0.15, 0.2) is 11.6 Å². The largest absolute Gasteiger partial charge is 0.387 e. The summed E-state index contributed by atoms with van der Waals surface area (Å²) in [7, 11) is 0. The highest BCUT2D eigenvalue weighted by molar-refractivity contribution is 5.75. The van der Waals surface area contributed by atoms with Crippen molar-refractivity contribution >= 4 is 5.91 Å². The minimum absolute atomic E-state index is 0.0100. The average Bonchev–Trinajstić information content (AvgIpc) is 2.30. The molecule has 0 fully saturated rings. The molecule has 1 atom stereocenters. The zero-order chi connectivity index (χ0) is 12.8. The van der Waals surface area contributed by atoms with Crippen LogP contribution in [0.15, 0.2) is 18.2 Å². The van der Waals surface area contributed by atoms with Gasteiger partial charge in [-0.25, -0.2) is 8.78 Å². The minimum Gasteiger partial charge on any atom is -0.387 e. The van der Waals surface area contributed by atoms with Crippen molar-refractivity contribution in [3.63, 3.8) is 0 Å². The molecule has 0 aromatic heterocycles. The van der Waals surface area contributed by atoms with Gasteiger partial charge in [-0.2, -0.15) is 0 Å². The van der Waals surface area contributed by atoms with E-state index >= 15 is 0 Å². The summed E-state index contributed by atoms with van der Waals surface area (Å²) < 4.78 is 25.5. The number of aliphatic hydroxyl groups is 1. The number of hydrogen-bond donors (Lipinski definition) is 2. The molecule has 0 heterocycles. The van der Waals surface area contributed by atoms with Crippen LogP contribution in [-0.4, -0.2) is 17.6 Å². The molecule has 0 spiro atoms. The molecule has 1 amide bonds. The summed E-state index contributed by atoms with van der Waals surface area (Å²) in [5, 5.41) is 12.2. The first-order chi connectivity index (χ1) is 8.04. The molecule has 0 radical (unpaired) electrons. The first kappa shape index (κ1) is 13.6. The molecule has 2 N–H and O–H groups in total. The molecule has 94 valence electrons. The minimum atomic E-state index is -1.04. The number of benzene rings is 1. The van der Waals surface area contributed by atoms with Crippen LogP contribution in [0.2, 0.25) is 0 Å². The SMILES string of the molecule is CCCC(=O)NCC(O)c1ccc(F)c(F)c1. The van der Waals surface area contributed by atoms with Gasteiger partial charge in [0, 0.05) is 13.0 Å². The van der Waals surface area contributed by atoms with Gasteiger partial charge in [0.25, 0.3) is 0 Å². The molecule has 0 bridgehead atoms. The molecule has 0 aliphatic heterocycles. The molecule has 5 heteroatoms. The Labute approximate surface area is 98.5 Å². The molecule has 0 aliphatic rings. The third-order valence-corrected chi connectivity index (χ3v) is 2.30. The standard InChI is InChI=1S/C12H15F2NO2/c1-2-3-12(17)15-7-11(16)8-4-5-9(13)10(14)6-8/h4-6,11,16H,2-3,7H2,1H3,(H,15,17). The Kier molecular flexibility index (Phi) is 5.03. The lowest BCUT2D eigenvalue weighted by atomic mass is 10.1. The van der Waals surface area contributed by atoms with Crippen LogP contribution in [0.4, 0.5) is 8.78 Å². The predicted octanol–water partition coefficient (Wildman–Crippen LogP) is 1.91. The van der Waals surface area contributed by atoms with Crippen LogP contribution < -0.4 is 5.32 Å². The van der Waals surface area contributed by atoms with E-state index in [1.807, 2.05) is 6.92 Å². The highest BCUT2D eigenvalue weighted by atomic mass is 19.2. The highest BCUT2D eigenvalue weighted by Crippen LogP contribution is 2.15. The monoisotopic (exact) mass is 243 g/mol. The van der Waals surface area contributed by atoms with E-state index in [1.54, 1.807) is 0 Å². The fourth-order valence-corrected chi connectivity index (χ4v) is 1.36. The summed E-state index contributed by atoms with van der Waals surface area (Å²) in [6, 6.07) is 3.16. The lowest BCUT2D eigenvalue weighted by Gasteiger charge is -2.12.